The standard InChI is InChI=1S/C18H10ClNO5/c19-10-7-5-9(6-8-10)14(21)13-15(22)16(23)25-18(13)11-3-1-2-4-12(11)20-17(18)24/h1-8,21H,(H,20,24)/t18-/m0/s1. The Morgan fingerprint density at radius 2 is 1.72 bits per heavy atom. The normalized spacial score (nSPS) is 23.5. The smallest absolute Gasteiger partial charge is 0.381 e. The van der Waals surface area contributed by atoms with Crippen LogP contribution in [0.15, 0.2) is 54.1 Å². The van der Waals surface area contributed by atoms with Crippen LogP contribution in [0.5, 0.6) is 0 Å². The number of benzene rings is 2. The Morgan fingerprint density at radius 3 is 2.44 bits per heavy atom. The van der Waals surface area contributed by atoms with Crippen LogP contribution in [0, 0.1) is 0 Å². The van der Waals surface area contributed by atoms with Crippen molar-refractivity contribution in [3.63, 3.8) is 0 Å². The number of carbonyl (C=O) groups excluding carboxylic acids is 3. The zero-order valence-electron chi connectivity index (χ0n) is 12.6. The molecular formula is C18H10ClNO5. The van der Waals surface area contributed by atoms with Crippen molar-refractivity contribution in [2.24, 2.45) is 0 Å². The second-order valence-electron chi connectivity index (χ2n) is 5.63. The first-order valence-electron chi connectivity index (χ1n) is 7.33. The van der Waals surface area contributed by atoms with Crippen LogP contribution in [0.25, 0.3) is 5.76 Å². The van der Waals surface area contributed by atoms with E-state index < -0.39 is 34.6 Å². The SMILES string of the molecule is O=C1O[C@]2(C(=O)Nc3ccccc32)C(=C(O)c2ccc(Cl)cc2)C1=O. The molecule has 0 bridgehead atoms. The average molecular weight is 356 g/mol. The molecule has 0 aromatic heterocycles. The molecule has 0 saturated carbocycles. The summed E-state index contributed by atoms with van der Waals surface area (Å²) in [5.41, 5.74) is -1.44. The van der Waals surface area contributed by atoms with Crippen LogP contribution in [0.1, 0.15) is 11.1 Å². The summed E-state index contributed by atoms with van der Waals surface area (Å²) in [4.78, 5) is 37.0. The lowest BCUT2D eigenvalue weighted by molar-refractivity contribution is -0.157. The number of fused-ring (bicyclic) bond motifs is 2. The topological polar surface area (TPSA) is 92.7 Å². The highest BCUT2D eigenvalue weighted by Gasteiger charge is 2.63. The van der Waals surface area contributed by atoms with Crippen molar-refractivity contribution in [2.45, 2.75) is 5.60 Å². The molecule has 2 N–H and O–H groups in total. The molecule has 1 atom stereocenters. The molecule has 7 heteroatoms. The van der Waals surface area contributed by atoms with E-state index in [9.17, 15) is 19.5 Å². The van der Waals surface area contributed by atoms with Gasteiger partial charge in [0.25, 0.3) is 17.3 Å². The van der Waals surface area contributed by atoms with Crippen LogP contribution >= 0.6 is 11.6 Å². The number of halogens is 1. The highest BCUT2D eigenvalue weighted by molar-refractivity contribution is 6.47. The lowest BCUT2D eigenvalue weighted by atomic mass is 9.85. The zero-order chi connectivity index (χ0) is 17.8. The number of esters is 1. The van der Waals surface area contributed by atoms with Gasteiger partial charge >= 0.3 is 5.97 Å². The minimum absolute atomic E-state index is 0.239. The molecule has 6 nitrogen and oxygen atoms in total. The number of carbonyl (C=O) groups is 3. The molecule has 1 amide bonds. The van der Waals surface area contributed by atoms with Gasteiger partial charge in [0.2, 0.25) is 0 Å². The predicted octanol–water partition coefficient (Wildman–Crippen LogP) is 2.58. The van der Waals surface area contributed by atoms with E-state index in [0.717, 1.165) is 0 Å². The monoisotopic (exact) mass is 355 g/mol. The molecule has 2 aromatic rings. The van der Waals surface area contributed by atoms with Gasteiger partial charge in [-0.15, -0.1) is 0 Å². The second kappa shape index (κ2) is 5.19. The number of ketones is 1. The zero-order valence-corrected chi connectivity index (χ0v) is 13.3. The van der Waals surface area contributed by atoms with Gasteiger partial charge in [0.1, 0.15) is 11.3 Å². The van der Waals surface area contributed by atoms with Gasteiger partial charge in [-0.1, -0.05) is 29.8 Å². The third-order valence-corrected chi connectivity index (χ3v) is 4.49. The Kier molecular flexibility index (Phi) is 3.20. The number of anilines is 1. The molecule has 1 spiro atoms. The van der Waals surface area contributed by atoms with Crippen LogP contribution in [0.2, 0.25) is 5.02 Å². The van der Waals surface area contributed by atoms with Crippen molar-refractivity contribution in [3.8, 4) is 0 Å². The molecule has 0 unspecified atom stereocenters. The van der Waals surface area contributed by atoms with E-state index in [4.69, 9.17) is 16.3 Å². The number of hydrogen-bond donors (Lipinski definition) is 2. The van der Waals surface area contributed by atoms with E-state index in [2.05, 4.69) is 5.32 Å². The van der Waals surface area contributed by atoms with E-state index in [1.807, 2.05) is 0 Å². The number of aliphatic hydroxyl groups is 1. The average Bonchev–Trinajstić information content (AvgIpc) is 3.03. The molecule has 0 aliphatic carbocycles. The highest BCUT2D eigenvalue weighted by atomic mass is 35.5. The van der Waals surface area contributed by atoms with E-state index >= 15 is 0 Å². The summed E-state index contributed by atoms with van der Waals surface area (Å²) in [6.45, 7) is 0. The molecule has 0 radical (unpaired) electrons. The third-order valence-electron chi connectivity index (χ3n) is 4.24. The summed E-state index contributed by atoms with van der Waals surface area (Å²) in [7, 11) is 0. The van der Waals surface area contributed by atoms with E-state index in [-0.39, 0.29) is 5.56 Å². The van der Waals surface area contributed by atoms with Gasteiger partial charge < -0.3 is 15.2 Å². The molecule has 124 valence electrons. The van der Waals surface area contributed by atoms with Gasteiger partial charge in [0.05, 0.1) is 0 Å². The summed E-state index contributed by atoms with van der Waals surface area (Å²) >= 11 is 5.83. The molecule has 25 heavy (non-hydrogen) atoms. The predicted molar refractivity (Wildman–Crippen MR) is 88.8 cm³/mol. The first kappa shape index (κ1) is 15.4. The maximum atomic E-state index is 12.6. The number of hydrogen-bond acceptors (Lipinski definition) is 5. The van der Waals surface area contributed by atoms with Crippen LogP contribution in [-0.2, 0) is 24.7 Å². The molecule has 4 rings (SSSR count). The lowest BCUT2D eigenvalue weighted by Gasteiger charge is -2.21. The highest BCUT2D eigenvalue weighted by Crippen LogP contribution is 2.49. The molecule has 2 aliphatic rings. The first-order chi connectivity index (χ1) is 11.9. The number of aliphatic hydroxyl groups excluding tert-OH is 1. The van der Waals surface area contributed by atoms with Crippen molar-refractivity contribution in [2.75, 3.05) is 5.32 Å². The van der Waals surface area contributed by atoms with Crippen molar-refractivity contribution < 1.29 is 24.2 Å². The summed E-state index contributed by atoms with van der Waals surface area (Å²) in [6, 6.07) is 12.5. The number of Topliss-reactive ketones (excluding diaryl/α,β-unsaturated/α-hetero) is 1. The number of nitrogens with one attached hydrogen (secondary N) is 1. The quantitative estimate of drug-likeness (QED) is 0.355. The van der Waals surface area contributed by atoms with Gasteiger partial charge in [-0.05, 0) is 30.3 Å². The van der Waals surface area contributed by atoms with Crippen molar-refractivity contribution >= 4 is 40.7 Å². The van der Waals surface area contributed by atoms with Gasteiger partial charge in [-0.3, -0.25) is 9.59 Å². The summed E-state index contributed by atoms with van der Waals surface area (Å²) in [5.74, 6) is -3.45. The largest absolute Gasteiger partial charge is 0.507 e. The van der Waals surface area contributed by atoms with Gasteiger partial charge in [-0.2, -0.15) is 0 Å². The first-order valence-corrected chi connectivity index (χ1v) is 7.71. The number of para-hydroxylation sites is 1. The van der Waals surface area contributed by atoms with Gasteiger partial charge in [-0.25, -0.2) is 4.79 Å². The number of rotatable bonds is 1. The molecule has 2 aliphatic heterocycles. The molecule has 2 heterocycles. The maximum absolute atomic E-state index is 12.6. The van der Waals surface area contributed by atoms with Gasteiger partial charge in [0, 0.05) is 21.8 Å². The Bertz CT molecular complexity index is 979. The summed E-state index contributed by atoms with van der Waals surface area (Å²) in [6.07, 6.45) is 0. The fourth-order valence-electron chi connectivity index (χ4n) is 3.11. The summed E-state index contributed by atoms with van der Waals surface area (Å²) < 4.78 is 5.20. The second-order valence-corrected chi connectivity index (χ2v) is 6.07. The third kappa shape index (κ3) is 2.01. The van der Waals surface area contributed by atoms with E-state index in [0.29, 0.717) is 16.3 Å². The molecular weight excluding hydrogens is 346 g/mol. The number of ether oxygens (including phenoxy) is 1. The Labute approximate surface area is 146 Å². The lowest BCUT2D eigenvalue weighted by Crippen LogP contribution is -2.36. The summed E-state index contributed by atoms with van der Waals surface area (Å²) in [5, 5.41) is 13.7. The van der Waals surface area contributed by atoms with Crippen LogP contribution in [-0.4, -0.2) is 22.8 Å². The fourth-order valence-corrected chi connectivity index (χ4v) is 3.23. The minimum Gasteiger partial charge on any atom is -0.507 e. The van der Waals surface area contributed by atoms with Crippen molar-refractivity contribution in [1.29, 1.82) is 0 Å². The van der Waals surface area contributed by atoms with Crippen molar-refractivity contribution in [1.82, 2.24) is 0 Å². The maximum Gasteiger partial charge on any atom is 0.381 e. The Hall–Kier alpha value is -3.12. The molecule has 1 fully saturated rings. The van der Waals surface area contributed by atoms with Crippen LogP contribution in [0.4, 0.5) is 5.69 Å². The van der Waals surface area contributed by atoms with Crippen molar-refractivity contribution in [3.05, 3.63) is 70.3 Å². The van der Waals surface area contributed by atoms with Crippen LogP contribution in [0.3, 0.4) is 0 Å². The van der Waals surface area contributed by atoms with E-state index in [1.54, 1.807) is 24.3 Å². The van der Waals surface area contributed by atoms with E-state index in [1.165, 1.54) is 24.3 Å². The number of amides is 1. The Morgan fingerprint density at radius 1 is 1.04 bits per heavy atom. The Balaban J connectivity index is 2.01. The molecule has 1 saturated heterocycles. The van der Waals surface area contributed by atoms with Gasteiger partial charge in [0.15, 0.2) is 0 Å². The fraction of sp³-hybridized carbons (Fsp3) is 0.0556. The molecule has 2 aromatic carbocycles. The minimum atomic E-state index is -1.99. The van der Waals surface area contributed by atoms with Crippen LogP contribution < -0.4 is 5.32 Å².